The number of carbonyl (C=O) groups is 1. The molecular weight excluding hydrogens is 352 g/mol. The van der Waals surface area contributed by atoms with Crippen molar-refractivity contribution in [2.75, 3.05) is 26.2 Å². The smallest absolute Gasteiger partial charge is 0.244 e. The molecule has 2 aromatic rings. The lowest BCUT2D eigenvalue weighted by Crippen LogP contribution is -2.40. The highest BCUT2D eigenvalue weighted by Crippen LogP contribution is 2.23. The minimum atomic E-state index is 0.0901. The largest absolute Gasteiger partial charge is 0.357 e. The first-order chi connectivity index (χ1) is 12.3. The van der Waals surface area contributed by atoms with E-state index >= 15 is 0 Å². The van der Waals surface area contributed by atoms with E-state index in [0.717, 1.165) is 39.0 Å². The normalized spacial score (nSPS) is 14.3. The molecule has 0 aromatic carbocycles. The first-order valence-corrected chi connectivity index (χ1v) is 10.4. The third-order valence-electron chi connectivity index (χ3n) is 4.12. The summed E-state index contributed by atoms with van der Waals surface area (Å²) in [7, 11) is 0. The number of rotatable bonds is 6. The van der Waals surface area contributed by atoms with Crippen molar-refractivity contribution < 1.29 is 4.79 Å². The monoisotopic (exact) mass is 376 g/mol. The third kappa shape index (κ3) is 5.06. The van der Waals surface area contributed by atoms with Gasteiger partial charge >= 0.3 is 0 Å². The van der Waals surface area contributed by atoms with Crippen LogP contribution in [0, 0.1) is 0 Å². The van der Waals surface area contributed by atoms with Crippen LogP contribution in [0.15, 0.2) is 34.0 Å². The number of aliphatic imine (C=N–C) groups is 1. The number of carbonyl (C=O) groups excluding carboxylic acids is 1. The molecule has 25 heavy (non-hydrogen) atoms. The number of fused-ring (bicyclic) bond motifs is 1. The molecule has 0 spiro atoms. The molecule has 0 saturated carbocycles. The van der Waals surface area contributed by atoms with Crippen LogP contribution in [-0.2, 0) is 24.2 Å². The van der Waals surface area contributed by atoms with Crippen molar-refractivity contribution in [1.82, 2.24) is 15.5 Å². The van der Waals surface area contributed by atoms with Gasteiger partial charge < -0.3 is 15.5 Å². The summed E-state index contributed by atoms with van der Waals surface area (Å²) in [5, 5.41) is 10.7. The molecule has 134 valence electrons. The Morgan fingerprint density at radius 2 is 2.20 bits per heavy atom. The van der Waals surface area contributed by atoms with E-state index in [2.05, 4.69) is 44.6 Å². The minimum absolute atomic E-state index is 0.0901. The van der Waals surface area contributed by atoms with Gasteiger partial charge in [0.05, 0.1) is 0 Å². The molecule has 0 bridgehead atoms. The Kier molecular flexibility index (Phi) is 6.47. The van der Waals surface area contributed by atoms with Crippen LogP contribution in [-0.4, -0.2) is 42.9 Å². The standard InChI is InChI=1S/C18H24N4OS2/c1-2-19-18(20-8-5-15-4-3-10-24-15)21-12-17(23)22-9-6-16-14(13-22)7-11-25-16/h3-4,7,10-11H,2,5-6,8-9,12-13H2,1H3,(H2,19,20,21). The van der Waals surface area contributed by atoms with Crippen molar-refractivity contribution in [2.45, 2.75) is 26.3 Å². The van der Waals surface area contributed by atoms with Gasteiger partial charge in [-0.15, -0.1) is 22.7 Å². The fraction of sp³-hybridized carbons (Fsp3) is 0.444. The van der Waals surface area contributed by atoms with Gasteiger partial charge in [0.25, 0.3) is 0 Å². The summed E-state index contributed by atoms with van der Waals surface area (Å²) in [5.74, 6) is 0.799. The van der Waals surface area contributed by atoms with Crippen molar-refractivity contribution in [2.24, 2.45) is 4.99 Å². The zero-order valence-electron chi connectivity index (χ0n) is 14.5. The van der Waals surface area contributed by atoms with E-state index in [1.165, 1.54) is 15.3 Å². The Balaban J connectivity index is 1.49. The maximum absolute atomic E-state index is 12.5. The fourth-order valence-electron chi connectivity index (χ4n) is 2.81. The Labute approximate surface area is 156 Å². The van der Waals surface area contributed by atoms with E-state index in [4.69, 9.17) is 0 Å². The third-order valence-corrected chi connectivity index (χ3v) is 6.08. The molecule has 5 nitrogen and oxygen atoms in total. The van der Waals surface area contributed by atoms with E-state index < -0.39 is 0 Å². The van der Waals surface area contributed by atoms with E-state index in [1.807, 2.05) is 11.8 Å². The van der Waals surface area contributed by atoms with Gasteiger partial charge in [0.15, 0.2) is 5.96 Å². The zero-order valence-corrected chi connectivity index (χ0v) is 16.1. The Morgan fingerprint density at radius 1 is 1.28 bits per heavy atom. The van der Waals surface area contributed by atoms with Gasteiger partial charge in [0.2, 0.25) is 5.91 Å². The Hall–Kier alpha value is -1.86. The number of hydrogen-bond donors (Lipinski definition) is 2. The van der Waals surface area contributed by atoms with Crippen molar-refractivity contribution >= 4 is 34.5 Å². The fourth-order valence-corrected chi connectivity index (χ4v) is 4.41. The predicted octanol–water partition coefficient (Wildman–Crippen LogP) is 2.49. The summed E-state index contributed by atoms with van der Waals surface area (Å²) in [6.07, 6.45) is 1.92. The molecule has 0 radical (unpaired) electrons. The lowest BCUT2D eigenvalue weighted by atomic mass is 10.1. The van der Waals surface area contributed by atoms with Gasteiger partial charge in [0, 0.05) is 35.9 Å². The molecular formula is C18H24N4OS2. The molecule has 0 unspecified atom stereocenters. The van der Waals surface area contributed by atoms with Crippen molar-refractivity contribution in [3.05, 3.63) is 44.3 Å². The molecule has 3 heterocycles. The van der Waals surface area contributed by atoms with Crippen LogP contribution in [0.1, 0.15) is 22.2 Å². The lowest BCUT2D eigenvalue weighted by molar-refractivity contribution is -0.130. The highest BCUT2D eigenvalue weighted by atomic mass is 32.1. The molecule has 0 saturated heterocycles. The van der Waals surface area contributed by atoms with Gasteiger partial charge in [-0.25, -0.2) is 4.99 Å². The first kappa shape index (κ1) is 17.9. The molecule has 0 fully saturated rings. The van der Waals surface area contributed by atoms with Crippen molar-refractivity contribution in [3.63, 3.8) is 0 Å². The van der Waals surface area contributed by atoms with Crippen LogP contribution in [0.2, 0.25) is 0 Å². The maximum atomic E-state index is 12.5. The number of thiophene rings is 2. The molecule has 7 heteroatoms. The molecule has 2 aromatic heterocycles. The number of nitrogens with zero attached hydrogens (tertiary/aromatic N) is 2. The second kappa shape index (κ2) is 9.01. The summed E-state index contributed by atoms with van der Waals surface area (Å²) in [6.45, 7) is 5.32. The van der Waals surface area contributed by atoms with Crippen LogP contribution in [0.4, 0.5) is 0 Å². The molecule has 3 rings (SSSR count). The van der Waals surface area contributed by atoms with Crippen molar-refractivity contribution in [3.8, 4) is 0 Å². The molecule has 0 atom stereocenters. The summed E-state index contributed by atoms with van der Waals surface area (Å²) in [4.78, 5) is 21.6. The van der Waals surface area contributed by atoms with Gasteiger partial charge in [0.1, 0.15) is 6.54 Å². The Morgan fingerprint density at radius 3 is 3.00 bits per heavy atom. The highest BCUT2D eigenvalue weighted by molar-refractivity contribution is 7.10. The summed E-state index contributed by atoms with van der Waals surface area (Å²) >= 11 is 3.55. The minimum Gasteiger partial charge on any atom is -0.357 e. The van der Waals surface area contributed by atoms with Gasteiger partial charge in [-0.05, 0) is 48.2 Å². The molecule has 1 aliphatic rings. The van der Waals surface area contributed by atoms with Crippen LogP contribution >= 0.6 is 22.7 Å². The second-order valence-corrected chi connectivity index (χ2v) is 7.92. The zero-order chi connectivity index (χ0) is 17.5. The highest BCUT2D eigenvalue weighted by Gasteiger charge is 2.21. The van der Waals surface area contributed by atoms with E-state index in [1.54, 1.807) is 22.7 Å². The Bertz CT molecular complexity index is 708. The number of hydrogen-bond acceptors (Lipinski definition) is 4. The molecule has 1 aliphatic heterocycles. The average molecular weight is 377 g/mol. The van der Waals surface area contributed by atoms with Crippen LogP contribution in [0.3, 0.4) is 0 Å². The summed E-state index contributed by atoms with van der Waals surface area (Å²) in [6, 6.07) is 6.32. The van der Waals surface area contributed by atoms with Crippen LogP contribution in [0.5, 0.6) is 0 Å². The number of guanidine groups is 1. The molecule has 0 aliphatic carbocycles. The quantitative estimate of drug-likeness (QED) is 0.602. The van der Waals surface area contributed by atoms with Crippen molar-refractivity contribution in [1.29, 1.82) is 0 Å². The molecule has 1 amide bonds. The van der Waals surface area contributed by atoms with Gasteiger partial charge in [-0.2, -0.15) is 0 Å². The SMILES string of the molecule is CCNC(=NCC(=O)N1CCc2sccc2C1)NCCc1cccs1. The van der Waals surface area contributed by atoms with E-state index in [0.29, 0.717) is 5.96 Å². The van der Waals surface area contributed by atoms with Gasteiger partial charge in [-0.3, -0.25) is 4.79 Å². The lowest BCUT2D eigenvalue weighted by Gasteiger charge is -2.26. The average Bonchev–Trinajstić information content (AvgIpc) is 3.30. The van der Waals surface area contributed by atoms with Crippen LogP contribution in [0.25, 0.3) is 0 Å². The maximum Gasteiger partial charge on any atom is 0.244 e. The first-order valence-electron chi connectivity index (χ1n) is 8.64. The predicted molar refractivity (Wildman–Crippen MR) is 105 cm³/mol. The molecule has 2 N–H and O–H groups in total. The van der Waals surface area contributed by atoms with Crippen LogP contribution < -0.4 is 10.6 Å². The topological polar surface area (TPSA) is 56.7 Å². The van der Waals surface area contributed by atoms with E-state index in [-0.39, 0.29) is 12.5 Å². The number of amides is 1. The summed E-state index contributed by atoms with van der Waals surface area (Å²) in [5.41, 5.74) is 1.29. The van der Waals surface area contributed by atoms with E-state index in [9.17, 15) is 4.79 Å². The number of nitrogens with one attached hydrogen (secondary N) is 2. The van der Waals surface area contributed by atoms with Gasteiger partial charge in [-0.1, -0.05) is 6.07 Å². The second-order valence-electron chi connectivity index (χ2n) is 5.89. The summed E-state index contributed by atoms with van der Waals surface area (Å²) < 4.78 is 0.